The molecule has 1 saturated heterocycles. The lowest BCUT2D eigenvalue weighted by Gasteiger charge is -2.30. The standard InChI is InChI=1S/C10H20N2O2/c1-8-3-5-12(6-4-8)10(14)11-7-9(2)13/h8-9,13H,3-7H2,1-2H3,(H,11,14). The van der Waals surface area contributed by atoms with Gasteiger partial charge in [0.15, 0.2) is 0 Å². The third-order valence-electron chi connectivity index (χ3n) is 2.62. The summed E-state index contributed by atoms with van der Waals surface area (Å²) in [5.74, 6) is 0.732. The number of nitrogens with zero attached hydrogens (tertiary/aromatic N) is 1. The molecule has 4 nitrogen and oxygen atoms in total. The molecule has 1 fully saturated rings. The van der Waals surface area contributed by atoms with Gasteiger partial charge in [-0.25, -0.2) is 4.79 Å². The van der Waals surface area contributed by atoms with Crippen molar-refractivity contribution in [2.75, 3.05) is 19.6 Å². The smallest absolute Gasteiger partial charge is 0.317 e. The lowest BCUT2D eigenvalue weighted by molar-refractivity contribution is 0.158. The van der Waals surface area contributed by atoms with Gasteiger partial charge in [0.1, 0.15) is 0 Å². The maximum atomic E-state index is 11.5. The van der Waals surface area contributed by atoms with E-state index >= 15 is 0 Å². The largest absolute Gasteiger partial charge is 0.392 e. The second kappa shape index (κ2) is 5.20. The Labute approximate surface area is 85.3 Å². The number of hydrogen-bond acceptors (Lipinski definition) is 2. The highest BCUT2D eigenvalue weighted by atomic mass is 16.3. The van der Waals surface area contributed by atoms with Crippen LogP contribution in [0.25, 0.3) is 0 Å². The van der Waals surface area contributed by atoms with Crippen LogP contribution in [0.3, 0.4) is 0 Å². The number of carbonyl (C=O) groups is 1. The molecule has 1 heterocycles. The van der Waals surface area contributed by atoms with Crippen molar-refractivity contribution in [3.8, 4) is 0 Å². The first-order valence-corrected chi connectivity index (χ1v) is 5.30. The number of aliphatic hydroxyl groups excluding tert-OH is 1. The van der Waals surface area contributed by atoms with Gasteiger partial charge in [-0.15, -0.1) is 0 Å². The first-order valence-electron chi connectivity index (χ1n) is 5.30. The van der Waals surface area contributed by atoms with Gasteiger partial charge in [-0.2, -0.15) is 0 Å². The lowest BCUT2D eigenvalue weighted by atomic mass is 10.00. The van der Waals surface area contributed by atoms with Gasteiger partial charge in [-0.1, -0.05) is 6.92 Å². The van der Waals surface area contributed by atoms with E-state index in [9.17, 15) is 4.79 Å². The van der Waals surface area contributed by atoms with Crippen molar-refractivity contribution >= 4 is 6.03 Å². The SMILES string of the molecule is CC(O)CNC(=O)N1CCC(C)CC1. The lowest BCUT2D eigenvalue weighted by Crippen LogP contribution is -2.45. The number of aliphatic hydroxyl groups is 1. The monoisotopic (exact) mass is 200 g/mol. The van der Waals surface area contributed by atoms with Crippen molar-refractivity contribution in [2.45, 2.75) is 32.8 Å². The molecule has 4 heteroatoms. The Balaban J connectivity index is 2.24. The van der Waals surface area contributed by atoms with Crippen molar-refractivity contribution in [3.63, 3.8) is 0 Å². The molecular weight excluding hydrogens is 180 g/mol. The Morgan fingerprint density at radius 2 is 2.14 bits per heavy atom. The second-order valence-electron chi connectivity index (χ2n) is 4.20. The number of carbonyl (C=O) groups excluding carboxylic acids is 1. The van der Waals surface area contributed by atoms with E-state index in [1.54, 1.807) is 6.92 Å². The van der Waals surface area contributed by atoms with Gasteiger partial charge in [0.25, 0.3) is 0 Å². The molecular formula is C10H20N2O2. The van der Waals surface area contributed by atoms with Crippen LogP contribution in [0.4, 0.5) is 4.79 Å². The van der Waals surface area contributed by atoms with E-state index in [1.165, 1.54) is 0 Å². The third-order valence-corrected chi connectivity index (χ3v) is 2.62. The summed E-state index contributed by atoms with van der Waals surface area (Å²) in [5.41, 5.74) is 0. The minimum atomic E-state index is -0.470. The fraction of sp³-hybridized carbons (Fsp3) is 0.900. The normalized spacial score (nSPS) is 20.6. The average molecular weight is 200 g/mol. The van der Waals surface area contributed by atoms with Crippen molar-refractivity contribution in [1.29, 1.82) is 0 Å². The molecule has 0 radical (unpaired) electrons. The predicted octanol–water partition coefficient (Wildman–Crippen LogP) is 0.809. The first kappa shape index (κ1) is 11.3. The molecule has 1 unspecified atom stereocenters. The van der Waals surface area contributed by atoms with Crippen LogP contribution in [0.1, 0.15) is 26.7 Å². The Morgan fingerprint density at radius 3 is 2.64 bits per heavy atom. The van der Waals surface area contributed by atoms with Crippen molar-refractivity contribution in [1.82, 2.24) is 10.2 Å². The summed E-state index contributed by atoms with van der Waals surface area (Å²) in [6.45, 7) is 5.90. The summed E-state index contributed by atoms with van der Waals surface area (Å²) < 4.78 is 0. The Bertz CT molecular complexity index is 187. The number of nitrogens with one attached hydrogen (secondary N) is 1. The van der Waals surface area contributed by atoms with Crippen molar-refractivity contribution in [2.24, 2.45) is 5.92 Å². The maximum Gasteiger partial charge on any atom is 0.317 e. The molecule has 1 atom stereocenters. The van der Waals surface area contributed by atoms with Crippen LogP contribution in [0, 0.1) is 5.92 Å². The van der Waals surface area contributed by atoms with Gasteiger partial charge in [-0.3, -0.25) is 0 Å². The number of piperidine rings is 1. The molecule has 2 N–H and O–H groups in total. The highest BCUT2D eigenvalue weighted by molar-refractivity contribution is 5.74. The van der Waals surface area contributed by atoms with Crippen LogP contribution in [-0.4, -0.2) is 41.8 Å². The molecule has 82 valence electrons. The molecule has 1 rings (SSSR count). The molecule has 0 aromatic rings. The summed E-state index contributed by atoms with van der Waals surface area (Å²) in [4.78, 5) is 13.3. The topological polar surface area (TPSA) is 52.6 Å². The van der Waals surface area contributed by atoms with Crippen LogP contribution >= 0.6 is 0 Å². The van der Waals surface area contributed by atoms with Crippen LogP contribution in [0.2, 0.25) is 0 Å². The predicted molar refractivity (Wildman–Crippen MR) is 55.1 cm³/mol. The molecule has 2 amide bonds. The Kier molecular flexibility index (Phi) is 4.20. The second-order valence-corrected chi connectivity index (χ2v) is 4.20. The van der Waals surface area contributed by atoms with Gasteiger partial charge in [-0.05, 0) is 25.7 Å². The van der Waals surface area contributed by atoms with Gasteiger partial charge in [0, 0.05) is 19.6 Å². The number of likely N-dealkylation sites (tertiary alicyclic amines) is 1. The molecule has 0 aromatic heterocycles. The Hall–Kier alpha value is -0.770. The van der Waals surface area contributed by atoms with E-state index in [4.69, 9.17) is 5.11 Å². The third kappa shape index (κ3) is 3.54. The van der Waals surface area contributed by atoms with E-state index in [0.717, 1.165) is 31.8 Å². The zero-order chi connectivity index (χ0) is 10.6. The van der Waals surface area contributed by atoms with Crippen LogP contribution in [-0.2, 0) is 0 Å². The molecule has 14 heavy (non-hydrogen) atoms. The molecule has 1 aliphatic rings. The van der Waals surface area contributed by atoms with Crippen LogP contribution in [0.5, 0.6) is 0 Å². The van der Waals surface area contributed by atoms with Crippen LogP contribution in [0.15, 0.2) is 0 Å². The molecule has 0 saturated carbocycles. The number of urea groups is 1. The summed E-state index contributed by atoms with van der Waals surface area (Å²) in [6.07, 6.45) is 1.70. The van der Waals surface area contributed by atoms with Crippen molar-refractivity contribution < 1.29 is 9.90 Å². The fourth-order valence-electron chi connectivity index (χ4n) is 1.56. The minimum Gasteiger partial charge on any atom is -0.392 e. The Morgan fingerprint density at radius 1 is 1.57 bits per heavy atom. The molecule has 0 spiro atoms. The summed E-state index contributed by atoms with van der Waals surface area (Å²) in [5, 5.41) is 11.7. The summed E-state index contributed by atoms with van der Waals surface area (Å²) >= 11 is 0. The maximum absolute atomic E-state index is 11.5. The molecule has 1 aliphatic heterocycles. The van der Waals surface area contributed by atoms with Crippen LogP contribution < -0.4 is 5.32 Å². The van der Waals surface area contributed by atoms with E-state index in [1.807, 2.05) is 4.90 Å². The highest BCUT2D eigenvalue weighted by Crippen LogP contribution is 2.15. The van der Waals surface area contributed by atoms with E-state index in [2.05, 4.69) is 12.2 Å². The van der Waals surface area contributed by atoms with Gasteiger partial charge in [0.05, 0.1) is 6.10 Å². The molecule has 0 bridgehead atoms. The van der Waals surface area contributed by atoms with Crippen molar-refractivity contribution in [3.05, 3.63) is 0 Å². The average Bonchev–Trinajstić information content (AvgIpc) is 2.15. The van der Waals surface area contributed by atoms with E-state index in [-0.39, 0.29) is 6.03 Å². The van der Waals surface area contributed by atoms with Gasteiger partial charge in [0.2, 0.25) is 0 Å². The fourth-order valence-corrected chi connectivity index (χ4v) is 1.56. The molecule has 0 aliphatic carbocycles. The number of rotatable bonds is 2. The van der Waals surface area contributed by atoms with Gasteiger partial charge < -0.3 is 15.3 Å². The first-order chi connectivity index (χ1) is 6.59. The van der Waals surface area contributed by atoms with Gasteiger partial charge >= 0.3 is 6.03 Å². The molecule has 0 aromatic carbocycles. The quantitative estimate of drug-likeness (QED) is 0.693. The van der Waals surface area contributed by atoms with E-state index in [0.29, 0.717) is 6.54 Å². The number of amides is 2. The summed E-state index contributed by atoms with van der Waals surface area (Å²) in [7, 11) is 0. The summed E-state index contributed by atoms with van der Waals surface area (Å²) in [6, 6.07) is -0.0437. The zero-order valence-corrected chi connectivity index (χ0v) is 8.99. The zero-order valence-electron chi connectivity index (χ0n) is 8.99. The van der Waals surface area contributed by atoms with E-state index < -0.39 is 6.10 Å². The highest BCUT2D eigenvalue weighted by Gasteiger charge is 2.19. The number of hydrogen-bond donors (Lipinski definition) is 2. The minimum absolute atomic E-state index is 0.0437.